The van der Waals surface area contributed by atoms with Crippen molar-refractivity contribution in [1.29, 1.82) is 0 Å². The lowest BCUT2D eigenvalue weighted by Crippen LogP contribution is -2.25. The van der Waals surface area contributed by atoms with Crippen LogP contribution in [0.5, 0.6) is 5.75 Å². The van der Waals surface area contributed by atoms with E-state index in [0.29, 0.717) is 18.3 Å². The SMILES string of the molecule is CCCCCCCOc1cccc(C2CC2CNC(=O)CCC)c1. The highest BCUT2D eigenvalue weighted by molar-refractivity contribution is 5.75. The van der Waals surface area contributed by atoms with E-state index in [9.17, 15) is 4.79 Å². The smallest absolute Gasteiger partial charge is 0.219 e. The molecule has 2 rings (SSSR count). The quantitative estimate of drug-likeness (QED) is 0.544. The molecule has 1 aliphatic carbocycles. The number of unbranched alkanes of at least 4 members (excludes halogenated alkanes) is 4. The van der Waals surface area contributed by atoms with E-state index in [1.54, 1.807) is 0 Å². The molecule has 3 heteroatoms. The standard InChI is InChI=1S/C21H33NO2/c1-3-5-6-7-8-13-24-19-12-9-11-17(14-19)20-15-18(20)16-22-21(23)10-4-2/h9,11-12,14,18,20H,3-8,10,13,15-16H2,1-2H3,(H,22,23). The second kappa shape index (κ2) is 10.4. The highest BCUT2D eigenvalue weighted by Gasteiger charge is 2.38. The van der Waals surface area contributed by atoms with Crippen molar-refractivity contribution >= 4 is 5.91 Å². The fraction of sp³-hybridized carbons (Fsp3) is 0.667. The van der Waals surface area contributed by atoms with Crippen molar-refractivity contribution in [1.82, 2.24) is 5.32 Å². The number of hydrogen-bond acceptors (Lipinski definition) is 2. The van der Waals surface area contributed by atoms with Gasteiger partial charge in [0.25, 0.3) is 0 Å². The number of carbonyl (C=O) groups is 1. The molecule has 0 aliphatic heterocycles. The predicted molar refractivity (Wildman–Crippen MR) is 99.5 cm³/mol. The Bertz CT molecular complexity index is 500. The van der Waals surface area contributed by atoms with Crippen molar-refractivity contribution in [3.8, 4) is 5.75 Å². The largest absolute Gasteiger partial charge is 0.494 e. The maximum Gasteiger partial charge on any atom is 0.219 e. The normalized spacial score (nSPS) is 19.1. The summed E-state index contributed by atoms with van der Waals surface area (Å²) in [5.41, 5.74) is 1.35. The van der Waals surface area contributed by atoms with E-state index in [-0.39, 0.29) is 5.91 Å². The zero-order valence-electron chi connectivity index (χ0n) is 15.4. The molecule has 0 spiro atoms. The van der Waals surface area contributed by atoms with Gasteiger partial charge in [0.05, 0.1) is 6.61 Å². The van der Waals surface area contributed by atoms with Gasteiger partial charge in [-0.05, 0) is 48.8 Å². The molecule has 3 nitrogen and oxygen atoms in total. The topological polar surface area (TPSA) is 38.3 Å². The summed E-state index contributed by atoms with van der Waals surface area (Å²) < 4.78 is 5.90. The van der Waals surface area contributed by atoms with Crippen LogP contribution in [0.15, 0.2) is 24.3 Å². The minimum Gasteiger partial charge on any atom is -0.494 e. The first-order valence-electron chi connectivity index (χ1n) is 9.74. The van der Waals surface area contributed by atoms with Gasteiger partial charge in [0.2, 0.25) is 5.91 Å². The average Bonchev–Trinajstić information content (AvgIpc) is 3.36. The van der Waals surface area contributed by atoms with Crippen molar-refractivity contribution in [3.05, 3.63) is 29.8 Å². The molecule has 0 heterocycles. The first-order chi connectivity index (χ1) is 11.7. The highest BCUT2D eigenvalue weighted by Crippen LogP contribution is 2.47. The summed E-state index contributed by atoms with van der Waals surface area (Å²) in [7, 11) is 0. The van der Waals surface area contributed by atoms with Gasteiger partial charge in [0, 0.05) is 13.0 Å². The van der Waals surface area contributed by atoms with Gasteiger partial charge in [-0.25, -0.2) is 0 Å². The van der Waals surface area contributed by atoms with Crippen LogP contribution in [0.1, 0.15) is 76.7 Å². The third-order valence-electron chi connectivity index (χ3n) is 4.76. The number of ether oxygens (including phenoxy) is 1. The Kier molecular flexibility index (Phi) is 8.14. The molecule has 2 atom stereocenters. The van der Waals surface area contributed by atoms with E-state index >= 15 is 0 Å². The van der Waals surface area contributed by atoms with E-state index < -0.39 is 0 Å². The van der Waals surface area contributed by atoms with Crippen molar-refractivity contribution in [2.75, 3.05) is 13.2 Å². The lowest BCUT2D eigenvalue weighted by atomic mass is 10.1. The zero-order chi connectivity index (χ0) is 17.2. The van der Waals surface area contributed by atoms with Gasteiger partial charge in [-0.2, -0.15) is 0 Å². The third kappa shape index (κ3) is 6.54. The van der Waals surface area contributed by atoms with Crippen LogP contribution >= 0.6 is 0 Å². The Morgan fingerprint density at radius 1 is 1.17 bits per heavy atom. The molecule has 134 valence electrons. The van der Waals surface area contributed by atoms with Gasteiger partial charge in [0.1, 0.15) is 5.75 Å². The van der Waals surface area contributed by atoms with Crippen molar-refractivity contribution in [2.24, 2.45) is 5.92 Å². The summed E-state index contributed by atoms with van der Waals surface area (Å²) in [6.07, 6.45) is 9.05. The second-order valence-electron chi connectivity index (χ2n) is 6.99. The number of benzene rings is 1. The molecule has 1 fully saturated rings. The van der Waals surface area contributed by atoms with Gasteiger partial charge in [-0.1, -0.05) is 51.7 Å². The van der Waals surface area contributed by atoms with Crippen LogP contribution in [0.3, 0.4) is 0 Å². The fourth-order valence-electron chi connectivity index (χ4n) is 3.17. The second-order valence-corrected chi connectivity index (χ2v) is 6.99. The van der Waals surface area contributed by atoms with Gasteiger partial charge in [-0.15, -0.1) is 0 Å². The number of amides is 1. The van der Waals surface area contributed by atoms with E-state index in [1.807, 2.05) is 6.92 Å². The fourth-order valence-corrected chi connectivity index (χ4v) is 3.17. The minimum absolute atomic E-state index is 0.184. The van der Waals surface area contributed by atoms with Crippen molar-refractivity contribution in [2.45, 2.75) is 71.1 Å². The summed E-state index contributed by atoms with van der Waals surface area (Å²) >= 11 is 0. The summed E-state index contributed by atoms with van der Waals surface area (Å²) in [5.74, 6) is 2.35. The highest BCUT2D eigenvalue weighted by atomic mass is 16.5. The van der Waals surface area contributed by atoms with Crippen LogP contribution < -0.4 is 10.1 Å². The van der Waals surface area contributed by atoms with E-state index in [1.165, 1.54) is 37.7 Å². The molecule has 0 aromatic heterocycles. The molecule has 1 saturated carbocycles. The Balaban J connectivity index is 1.68. The number of rotatable bonds is 12. The van der Waals surface area contributed by atoms with Gasteiger partial charge in [-0.3, -0.25) is 4.79 Å². The Hall–Kier alpha value is -1.51. The number of hydrogen-bond donors (Lipinski definition) is 1. The molecule has 1 aromatic carbocycles. The minimum atomic E-state index is 0.184. The van der Waals surface area contributed by atoms with E-state index in [0.717, 1.165) is 31.7 Å². The van der Waals surface area contributed by atoms with Crippen molar-refractivity contribution < 1.29 is 9.53 Å². The molecule has 0 bridgehead atoms. The maximum absolute atomic E-state index is 11.6. The Labute approximate surface area is 147 Å². The molecule has 1 aliphatic rings. The molecule has 1 N–H and O–H groups in total. The van der Waals surface area contributed by atoms with Crippen LogP contribution in [0.2, 0.25) is 0 Å². The summed E-state index contributed by atoms with van der Waals surface area (Å²) in [6, 6.07) is 8.51. The molecule has 0 saturated heterocycles. The Morgan fingerprint density at radius 3 is 2.79 bits per heavy atom. The molecule has 1 aromatic rings. The zero-order valence-corrected chi connectivity index (χ0v) is 15.4. The molecular formula is C21H33NO2. The lowest BCUT2D eigenvalue weighted by Gasteiger charge is -2.08. The molecule has 24 heavy (non-hydrogen) atoms. The lowest BCUT2D eigenvalue weighted by molar-refractivity contribution is -0.121. The first kappa shape index (κ1) is 18.8. The molecule has 1 amide bonds. The maximum atomic E-state index is 11.6. The summed E-state index contributed by atoms with van der Waals surface area (Å²) in [6.45, 7) is 5.90. The average molecular weight is 332 g/mol. The van der Waals surface area contributed by atoms with Crippen LogP contribution in [-0.4, -0.2) is 19.1 Å². The Morgan fingerprint density at radius 2 is 2.00 bits per heavy atom. The first-order valence-corrected chi connectivity index (χ1v) is 9.74. The molecule has 2 unspecified atom stereocenters. The van der Waals surface area contributed by atoms with Crippen molar-refractivity contribution in [3.63, 3.8) is 0 Å². The number of nitrogens with one attached hydrogen (secondary N) is 1. The number of carbonyl (C=O) groups excluding carboxylic acids is 1. The monoisotopic (exact) mass is 331 g/mol. The van der Waals surface area contributed by atoms with Crippen LogP contribution in [0.4, 0.5) is 0 Å². The van der Waals surface area contributed by atoms with E-state index in [2.05, 4.69) is 36.5 Å². The van der Waals surface area contributed by atoms with Gasteiger partial charge >= 0.3 is 0 Å². The third-order valence-corrected chi connectivity index (χ3v) is 4.76. The van der Waals surface area contributed by atoms with Gasteiger partial charge in [0.15, 0.2) is 0 Å². The molecular weight excluding hydrogens is 298 g/mol. The van der Waals surface area contributed by atoms with Gasteiger partial charge < -0.3 is 10.1 Å². The van der Waals surface area contributed by atoms with Crippen LogP contribution in [-0.2, 0) is 4.79 Å². The van der Waals surface area contributed by atoms with E-state index in [4.69, 9.17) is 4.74 Å². The summed E-state index contributed by atoms with van der Waals surface area (Å²) in [5, 5.41) is 3.05. The predicted octanol–water partition coefficient (Wildman–Crippen LogP) is 5.06. The summed E-state index contributed by atoms with van der Waals surface area (Å²) in [4.78, 5) is 11.6. The van der Waals surface area contributed by atoms with Crippen LogP contribution in [0.25, 0.3) is 0 Å². The molecule has 0 radical (unpaired) electrons. The van der Waals surface area contributed by atoms with Crippen LogP contribution in [0, 0.1) is 5.92 Å².